The van der Waals surface area contributed by atoms with E-state index in [-0.39, 0.29) is 18.2 Å². The summed E-state index contributed by atoms with van der Waals surface area (Å²) in [7, 11) is 1.58. The van der Waals surface area contributed by atoms with Crippen molar-refractivity contribution in [3.05, 3.63) is 35.9 Å². The fraction of sp³-hybridized carbons (Fsp3) is 0.591. The molecule has 1 aliphatic carbocycles. The third-order valence-corrected chi connectivity index (χ3v) is 6.52. The molecule has 1 saturated heterocycles. The highest BCUT2D eigenvalue weighted by atomic mass is 16.5. The van der Waals surface area contributed by atoms with Crippen LogP contribution in [0.1, 0.15) is 50.5 Å². The zero-order chi connectivity index (χ0) is 20.9. The standard InChI is InChI=1S/C22H31N3O4/c1-23-20(27)18(13-16-7-3-2-4-8-16)25-12-11-22(21(25)28,15-19(26)24-29)14-17-9-5-6-10-17/h2-4,7-8,17-18,29H,5-6,9-15H2,1H3,(H,23,27)(H,24,26)/t18?,22-/m1/s1. The second-order valence-corrected chi connectivity index (χ2v) is 8.42. The lowest BCUT2D eigenvalue weighted by atomic mass is 9.74. The molecule has 2 aliphatic rings. The van der Waals surface area contributed by atoms with Crippen LogP contribution in [-0.4, -0.2) is 47.5 Å². The third-order valence-electron chi connectivity index (χ3n) is 6.52. The molecule has 1 aliphatic heterocycles. The van der Waals surface area contributed by atoms with E-state index in [1.54, 1.807) is 17.4 Å². The molecule has 2 atom stereocenters. The van der Waals surface area contributed by atoms with E-state index in [4.69, 9.17) is 5.21 Å². The van der Waals surface area contributed by atoms with E-state index in [1.165, 1.54) is 0 Å². The highest BCUT2D eigenvalue weighted by Gasteiger charge is 2.51. The largest absolute Gasteiger partial charge is 0.357 e. The number of nitrogens with one attached hydrogen (secondary N) is 2. The van der Waals surface area contributed by atoms with Crippen molar-refractivity contribution in [2.24, 2.45) is 11.3 Å². The molecule has 3 N–H and O–H groups in total. The molecular formula is C22H31N3O4. The number of likely N-dealkylation sites (N-methyl/N-ethyl adjacent to an activating group) is 1. The smallest absolute Gasteiger partial charge is 0.244 e. The molecule has 3 amide bonds. The van der Waals surface area contributed by atoms with E-state index in [9.17, 15) is 14.4 Å². The van der Waals surface area contributed by atoms with E-state index in [0.29, 0.717) is 31.7 Å². The topological polar surface area (TPSA) is 98.7 Å². The molecule has 1 aromatic carbocycles. The van der Waals surface area contributed by atoms with Gasteiger partial charge in [-0.25, -0.2) is 5.48 Å². The number of hydrogen-bond acceptors (Lipinski definition) is 4. The Morgan fingerprint density at radius 1 is 1.24 bits per heavy atom. The number of carbonyl (C=O) groups excluding carboxylic acids is 3. The predicted octanol–water partition coefficient (Wildman–Crippen LogP) is 2.04. The Balaban J connectivity index is 1.84. The first-order chi connectivity index (χ1) is 14.0. The fourth-order valence-corrected chi connectivity index (χ4v) is 5.03. The number of hydrogen-bond donors (Lipinski definition) is 3. The normalized spacial score (nSPS) is 23.2. The second-order valence-electron chi connectivity index (χ2n) is 8.42. The minimum Gasteiger partial charge on any atom is -0.357 e. The molecule has 0 radical (unpaired) electrons. The average molecular weight is 402 g/mol. The number of likely N-dealkylation sites (tertiary alicyclic amines) is 1. The first kappa shape index (κ1) is 21.3. The van der Waals surface area contributed by atoms with Crippen molar-refractivity contribution in [1.82, 2.24) is 15.7 Å². The number of nitrogens with zero attached hydrogens (tertiary/aromatic N) is 1. The maximum Gasteiger partial charge on any atom is 0.244 e. The summed E-state index contributed by atoms with van der Waals surface area (Å²) >= 11 is 0. The monoisotopic (exact) mass is 401 g/mol. The number of benzene rings is 1. The van der Waals surface area contributed by atoms with Gasteiger partial charge in [0, 0.05) is 26.4 Å². The molecule has 0 bridgehead atoms. The van der Waals surface area contributed by atoms with Crippen LogP contribution in [0.15, 0.2) is 30.3 Å². The average Bonchev–Trinajstić information content (AvgIpc) is 3.35. The summed E-state index contributed by atoms with van der Waals surface area (Å²) < 4.78 is 0. The summed E-state index contributed by atoms with van der Waals surface area (Å²) in [6.45, 7) is 0.440. The Hall–Kier alpha value is -2.41. The second kappa shape index (κ2) is 9.39. The number of carbonyl (C=O) groups is 3. The van der Waals surface area contributed by atoms with E-state index in [2.05, 4.69) is 5.32 Å². The Kier molecular flexibility index (Phi) is 6.90. The van der Waals surface area contributed by atoms with Crippen LogP contribution in [0.3, 0.4) is 0 Å². The molecule has 158 valence electrons. The van der Waals surface area contributed by atoms with Gasteiger partial charge in [0.05, 0.1) is 5.41 Å². The van der Waals surface area contributed by atoms with Crippen LogP contribution >= 0.6 is 0 Å². The maximum atomic E-state index is 13.6. The number of rotatable bonds is 8. The van der Waals surface area contributed by atoms with Gasteiger partial charge in [-0.1, -0.05) is 56.0 Å². The minimum absolute atomic E-state index is 0.0405. The predicted molar refractivity (Wildman–Crippen MR) is 108 cm³/mol. The molecule has 3 rings (SSSR count). The van der Waals surface area contributed by atoms with Crippen molar-refractivity contribution in [2.75, 3.05) is 13.6 Å². The molecule has 2 fully saturated rings. The summed E-state index contributed by atoms with van der Waals surface area (Å²) in [6, 6.07) is 9.02. The molecule has 7 nitrogen and oxygen atoms in total. The molecule has 1 unspecified atom stereocenters. The molecular weight excluding hydrogens is 370 g/mol. The van der Waals surface area contributed by atoms with Gasteiger partial charge in [-0.15, -0.1) is 0 Å². The quantitative estimate of drug-likeness (QED) is 0.459. The van der Waals surface area contributed by atoms with Gasteiger partial charge in [-0.2, -0.15) is 0 Å². The lowest BCUT2D eigenvalue weighted by Gasteiger charge is -2.32. The molecule has 7 heteroatoms. The lowest BCUT2D eigenvalue weighted by Crippen LogP contribution is -2.50. The van der Waals surface area contributed by atoms with Gasteiger partial charge in [0.2, 0.25) is 17.7 Å². The third kappa shape index (κ3) is 4.78. The summed E-state index contributed by atoms with van der Waals surface area (Å²) in [6.07, 6.45) is 6.00. The molecule has 0 aromatic heterocycles. The Bertz CT molecular complexity index is 733. The first-order valence-corrected chi connectivity index (χ1v) is 10.5. The first-order valence-electron chi connectivity index (χ1n) is 10.5. The number of amides is 3. The van der Waals surface area contributed by atoms with Crippen LogP contribution in [0.5, 0.6) is 0 Å². The Labute approximate surface area is 171 Å². The maximum absolute atomic E-state index is 13.6. The van der Waals surface area contributed by atoms with Gasteiger partial charge in [0.15, 0.2) is 0 Å². The van der Waals surface area contributed by atoms with Gasteiger partial charge in [-0.3, -0.25) is 19.6 Å². The van der Waals surface area contributed by atoms with Crippen LogP contribution in [0.4, 0.5) is 0 Å². The zero-order valence-corrected chi connectivity index (χ0v) is 17.0. The highest BCUT2D eigenvalue weighted by molar-refractivity contribution is 5.94. The molecule has 1 aromatic rings. The summed E-state index contributed by atoms with van der Waals surface area (Å²) in [5, 5.41) is 11.7. The molecule has 1 saturated carbocycles. The SMILES string of the molecule is CNC(=O)C(Cc1ccccc1)N1CC[C@](CC(=O)NO)(CC2CCCC2)C1=O. The van der Waals surface area contributed by atoms with Crippen molar-refractivity contribution >= 4 is 17.7 Å². The molecule has 29 heavy (non-hydrogen) atoms. The molecule has 0 spiro atoms. The van der Waals surface area contributed by atoms with Crippen molar-refractivity contribution in [2.45, 2.75) is 57.4 Å². The van der Waals surface area contributed by atoms with E-state index < -0.39 is 17.4 Å². The van der Waals surface area contributed by atoms with E-state index >= 15 is 0 Å². The van der Waals surface area contributed by atoms with E-state index in [0.717, 1.165) is 31.2 Å². The highest BCUT2D eigenvalue weighted by Crippen LogP contribution is 2.45. The summed E-state index contributed by atoms with van der Waals surface area (Å²) in [5.74, 6) is -0.473. The molecule has 1 heterocycles. The summed E-state index contributed by atoms with van der Waals surface area (Å²) in [5.41, 5.74) is 1.83. The van der Waals surface area contributed by atoms with Crippen molar-refractivity contribution < 1.29 is 19.6 Å². The van der Waals surface area contributed by atoms with Gasteiger partial charge in [0.1, 0.15) is 6.04 Å². The van der Waals surface area contributed by atoms with Crippen LogP contribution in [0, 0.1) is 11.3 Å². The van der Waals surface area contributed by atoms with Crippen molar-refractivity contribution in [1.29, 1.82) is 0 Å². The van der Waals surface area contributed by atoms with Crippen molar-refractivity contribution in [3.8, 4) is 0 Å². The van der Waals surface area contributed by atoms with Crippen LogP contribution in [0.2, 0.25) is 0 Å². The Morgan fingerprint density at radius 2 is 1.93 bits per heavy atom. The van der Waals surface area contributed by atoms with Gasteiger partial charge in [-0.05, 0) is 24.3 Å². The fourth-order valence-electron chi connectivity index (χ4n) is 5.03. The summed E-state index contributed by atoms with van der Waals surface area (Å²) in [4.78, 5) is 39.9. The zero-order valence-electron chi connectivity index (χ0n) is 17.0. The number of hydroxylamine groups is 1. The Morgan fingerprint density at radius 3 is 2.55 bits per heavy atom. The van der Waals surface area contributed by atoms with Crippen molar-refractivity contribution in [3.63, 3.8) is 0 Å². The van der Waals surface area contributed by atoms with Crippen LogP contribution < -0.4 is 10.8 Å². The van der Waals surface area contributed by atoms with Gasteiger partial charge < -0.3 is 10.2 Å². The minimum atomic E-state index is -0.842. The van der Waals surface area contributed by atoms with E-state index in [1.807, 2.05) is 30.3 Å². The lowest BCUT2D eigenvalue weighted by molar-refractivity contribution is -0.147. The van der Waals surface area contributed by atoms with Crippen LogP contribution in [-0.2, 0) is 20.8 Å². The van der Waals surface area contributed by atoms with Crippen LogP contribution in [0.25, 0.3) is 0 Å². The van der Waals surface area contributed by atoms with Gasteiger partial charge >= 0.3 is 0 Å². The van der Waals surface area contributed by atoms with Gasteiger partial charge in [0.25, 0.3) is 0 Å².